The summed E-state index contributed by atoms with van der Waals surface area (Å²) in [6.07, 6.45) is 3.07. The molecule has 2 aromatic carbocycles. The quantitative estimate of drug-likeness (QED) is 0.731. The van der Waals surface area contributed by atoms with E-state index in [4.69, 9.17) is 26.7 Å². The first kappa shape index (κ1) is 15.9. The fourth-order valence-electron chi connectivity index (χ4n) is 2.81. The van der Waals surface area contributed by atoms with Crippen LogP contribution in [0.1, 0.15) is 5.56 Å². The number of benzene rings is 2. The molecule has 0 aliphatic carbocycles. The predicted octanol–water partition coefficient (Wildman–Crippen LogP) is 1.37. The second-order valence-corrected chi connectivity index (χ2v) is 5.51. The average Bonchev–Trinajstić information content (AvgIpc) is 2.59. The summed E-state index contributed by atoms with van der Waals surface area (Å²) in [7, 11) is 3.21. The molecule has 0 fully saturated rings. The van der Waals surface area contributed by atoms with E-state index in [-0.39, 0.29) is 6.17 Å². The number of anilines is 1. The lowest BCUT2D eigenvalue weighted by atomic mass is 10.0. The minimum atomic E-state index is -0.334. The normalized spacial score (nSPS) is 17.0. The molecule has 1 aliphatic rings. The van der Waals surface area contributed by atoms with Gasteiger partial charge in [0.05, 0.1) is 19.9 Å². The third kappa shape index (κ3) is 2.69. The molecule has 6 N–H and O–H groups in total. The van der Waals surface area contributed by atoms with Gasteiger partial charge in [0.15, 0.2) is 5.96 Å². The SMILES string of the molecule is COc1ccc2c(CN3C(N)=NC=CC3N)cc(OC)c(N)c2c1. The molecule has 3 rings (SSSR count). The molecule has 0 bridgehead atoms. The number of ether oxygens (including phenoxy) is 2. The number of nitrogens with zero attached hydrogens (tertiary/aromatic N) is 2. The minimum absolute atomic E-state index is 0.334. The van der Waals surface area contributed by atoms with Crippen LogP contribution in [0.4, 0.5) is 5.69 Å². The van der Waals surface area contributed by atoms with Crippen molar-refractivity contribution in [3.63, 3.8) is 0 Å². The van der Waals surface area contributed by atoms with E-state index in [9.17, 15) is 0 Å². The molecule has 1 atom stereocenters. The molecule has 1 heterocycles. The Morgan fingerprint density at radius 3 is 2.58 bits per heavy atom. The first-order valence-electron chi connectivity index (χ1n) is 7.50. The van der Waals surface area contributed by atoms with Crippen LogP contribution in [0, 0.1) is 0 Å². The van der Waals surface area contributed by atoms with Crippen molar-refractivity contribution >= 4 is 22.4 Å². The highest BCUT2D eigenvalue weighted by Gasteiger charge is 2.20. The van der Waals surface area contributed by atoms with Crippen molar-refractivity contribution < 1.29 is 9.47 Å². The second-order valence-electron chi connectivity index (χ2n) is 5.51. The maximum Gasteiger partial charge on any atom is 0.197 e. The van der Waals surface area contributed by atoms with E-state index in [2.05, 4.69) is 4.99 Å². The summed E-state index contributed by atoms with van der Waals surface area (Å²) in [4.78, 5) is 5.92. The zero-order chi connectivity index (χ0) is 17.3. The maximum absolute atomic E-state index is 6.23. The van der Waals surface area contributed by atoms with E-state index >= 15 is 0 Å². The molecule has 1 aliphatic heterocycles. The smallest absolute Gasteiger partial charge is 0.197 e. The fraction of sp³-hybridized carbons (Fsp3) is 0.235. The van der Waals surface area contributed by atoms with Crippen molar-refractivity contribution in [2.45, 2.75) is 12.7 Å². The highest BCUT2D eigenvalue weighted by Crippen LogP contribution is 2.36. The fourth-order valence-corrected chi connectivity index (χ4v) is 2.81. The molecule has 0 saturated heterocycles. The number of nitrogen functional groups attached to an aromatic ring is 1. The first-order chi connectivity index (χ1) is 11.5. The molecule has 2 aromatic rings. The van der Waals surface area contributed by atoms with Gasteiger partial charge in [-0.15, -0.1) is 0 Å². The number of nitrogens with two attached hydrogens (primary N) is 3. The van der Waals surface area contributed by atoms with Crippen LogP contribution in [0.3, 0.4) is 0 Å². The van der Waals surface area contributed by atoms with Crippen molar-refractivity contribution in [3.8, 4) is 11.5 Å². The van der Waals surface area contributed by atoms with E-state index in [1.807, 2.05) is 29.2 Å². The van der Waals surface area contributed by atoms with Gasteiger partial charge in [-0.3, -0.25) is 0 Å². The van der Waals surface area contributed by atoms with E-state index in [0.29, 0.717) is 23.9 Å². The lowest BCUT2D eigenvalue weighted by molar-refractivity contribution is 0.348. The minimum Gasteiger partial charge on any atom is -0.497 e. The van der Waals surface area contributed by atoms with Crippen molar-refractivity contribution in [1.82, 2.24) is 4.90 Å². The number of rotatable bonds is 4. The van der Waals surface area contributed by atoms with Crippen molar-refractivity contribution in [2.24, 2.45) is 16.5 Å². The van der Waals surface area contributed by atoms with Crippen LogP contribution < -0.4 is 26.7 Å². The van der Waals surface area contributed by atoms with Gasteiger partial charge in [-0.25, -0.2) is 4.99 Å². The number of methoxy groups -OCH3 is 2. The van der Waals surface area contributed by atoms with Gasteiger partial charge in [0.2, 0.25) is 0 Å². The standard InChI is InChI=1S/C17H21N5O2/c1-23-11-3-4-12-10(7-14(24-2)16(19)13(12)8-11)9-22-15(18)5-6-21-17(22)20/h3-8,15H,9,18-19H2,1-2H3,(H2,20,21). The van der Waals surface area contributed by atoms with Gasteiger partial charge in [-0.2, -0.15) is 0 Å². The van der Waals surface area contributed by atoms with E-state index < -0.39 is 0 Å². The van der Waals surface area contributed by atoms with Crippen LogP contribution >= 0.6 is 0 Å². The Kier molecular flexibility index (Phi) is 4.18. The number of hydrogen-bond donors (Lipinski definition) is 3. The summed E-state index contributed by atoms with van der Waals surface area (Å²) in [6.45, 7) is 0.486. The molecule has 1 unspecified atom stereocenters. The molecular weight excluding hydrogens is 306 g/mol. The molecule has 7 nitrogen and oxygen atoms in total. The summed E-state index contributed by atoms with van der Waals surface area (Å²) in [6, 6.07) is 7.66. The van der Waals surface area contributed by atoms with Gasteiger partial charge in [0.1, 0.15) is 17.7 Å². The molecular formula is C17H21N5O2. The Hall–Kier alpha value is -2.93. The van der Waals surface area contributed by atoms with E-state index in [1.54, 1.807) is 26.5 Å². The first-order valence-corrected chi connectivity index (χ1v) is 7.50. The maximum atomic E-state index is 6.23. The molecule has 126 valence electrons. The molecule has 0 aromatic heterocycles. The number of guanidine groups is 1. The second kappa shape index (κ2) is 6.29. The topological polar surface area (TPSA) is 112 Å². The molecule has 7 heteroatoms. The van der Waals surface area contributed by atoms with Crippen molar-refractivity contribution in [1.29, 1.82) is 0 Å². The van der Waals surface area contributed by atoms with Crippen molar-refractivity contribution in [3.05, 3.63) is 42.1 Å². The molecule has 24 heavy (non-hydrogen) atoms. The van der Waals surface area contributed by atoms with Crippen LogP contribution in [0.5, 0.6) is 11.5 Å². The third-order valence-electron chi connectivity index (χ3n) is 4.14. The lowest BCUT2D eigenvalue weighted by Crippen LogP contribution is -2.49. The molecule has 0 amide bonds. The summed E-state index contributed by atoms with van der Waals surface area (Å²) in [5, 5.41) is 1.85. The monoisotopic (exact) mass is 327 g/mol. The average molecular weight is 327 g/mol. The Balaban J connectivity index is 2.12. The zero-order valence-corrected chi connectivity index (χ0v) is 13.7. The van der Waals surface area contributed by atoms with Crippen LogP contribution in [0.2, 0.25) is 0 Å². The highest BCUT2D eigenvalue weighted by molar-refractivity contribution is 5.99. The van der Waals surface area contributed by atoms with Gasteiger partial charge < -0.3 is 31.6 Å². The van der Waals surface area contributed by atoms with E-state index in [1.165, 1.54) is 0 Å². The Morgan fingerprint density at radius 2 is 1.92 bits per heavy atom. The molecule has 0 saturated carbocycles. The summed E-state index contributed by atoms with van der Waals surface area (Å²) in [5.41, 5.74) is 19.9. The summed E-state index contributed by atoms with van der Waals surface area (Å²) >= 11 is 0. The highest BCUT2D eigenvalue weighted by atomic mass is 16.5. The zero-order valence-electron chi connectivity index (χ0n) is 13.7. The van der Waals surface area contributed by atoms with E-state index in [0.717, 1.165) is 22.1 Å². The number of hydrogen-bond acceptors (Lipinski definition) is 7. The van der Waals surface area contributed by atoms with Gasteiger partial charge in [0, 0.05) is 18.1 Å². The van der Waals surface area contributed by atoms with Gasteiger partial charge in [-0.05, 0) is 35.2 Å². The van der Waals surface area contributed by atoms with Gasteiger partial charge in [-0.1, -0.05) is 6.07 Å². The third-order valence-corrected chi connectivity index (χ3v) is 4.14. The number of aliphatic imine (C=N–C) groups is 1. The predicted molar refractivity (Wildman–Crippen MR) is 95.7 cm³/mol. The lowest BCUT2D eigenvalue weighted by Gasteiger charge is -2.30. The number of fused-ring (bicyclic) bond motifs is 1. The van der Waals surface area contributed by atoms with Gasteiger partial charge >= 0.3 is 0 Å². The van der Waals surface area contributed by atoms with Gasteiger partial charge in [0.25, 0.3) is 0 Å². The Labute approximate surface area is 140 Å². The van der Waals surface area contributed by atoms with Crippen LogP contribution in [0.25, 0.3) is 10.8 Å². The summed E-state index contributed by atoms with van der Waals surface area (Å²) < 4.78 is 10.7. The Morgan fingerprint density at radius 1 is 1.12 bits per heavy atom. The van der Waals surface area contributed by atoms with Crippen LogP contribution in [0.15, 0.2) is 41.5 Å². The van der Waals surface area contributed by atoms with Crippen LogP contribution in [-0.2, 0) is 6.54 Å². The largest absolute Gasteiger partial charge is 0.497 e. The van der Waals surface area contributed by atoms with Crippen molar-refractivity contribution in [2.75, 3.05) is 20.0 Å². The Bertz CT molecular complexity index is 831. The molecule has 0 radical (unpaired) electrons. The van der Waals surface area contributed by atoms with Crippen LogP contribution in [-0.4, -0.2) is 31.2 Å². The summed E-state index contributed by atoms with van der Waals surface area (Å²) in [5.74, 6) is 1.71. The molecule has 0 spiro atoms.